The van der Waals surface area contributed by atoms with Crippen LogP contribution in [0.2, 0.25) is 5.02 Å². The number of nitrogens with zero attached hydrogens (tertiary/aromatic N) is 2. The van der Waals surface area contributed by atoms with E-state index in [0.29, 0.717) is 23.7 Å². The molecule has 0 aromatic heterocycles. The number of benzene rings is 2. The maximum atomic E-state index is 12.6. The highest BCUT2D eigenvalue weighted by atomic mass is 35.5. The summed E-state index contributed by atoms with van der Waals surface area (Å²) in [5.41, 5.74) is 1.79. The zero-order chi connectivity index (χ0) is 23.4. The van der Waals surface area contributed by atoms with E-state index in [-0.39, 0.29) is 11.3 Å². The summed E-state index contributed by atoms with van der Waals surface area (Å²) < 4.78 is 11.7. The largest absolute Gasteiger partial charge is 0.497 e. The number of rotatable bonds is 9. The lowest BCUT2D eigenvalue weighted by Gasteiger charge is -2.30. The van der Waals surface area contributed by atoms with E-state index in [9.17, 15) is 4.79 Å². The van der Waals surface area contributed by atoms with Crippen LogP contribution in [0.5, 0.6) is 11.5 Å². The number of thioether (sulfide) groups is 1. The van der Waals surface area contributed by atoms with Gasteiger partial charge in [0.2, 0.25) is 5.91 Å². The first-order valence-electron chi connectivity index (χ1n) is 11.1. The molecule has 2 aromatic carbocycles. The van der Waals surface area contributed by atoms with E-state index in [1.54, 1.807) is 30.7 Å². The van der Waals surface area contributed by atoms with Crippen LogP contribution in [0.25, 0.3) is 0 Å². The van der Waals surface area contributed by atoms with Gasteiger partial charge in [-0.15, -0.1) is 0 Å². The summed E-state index contributed by atoms with van der Waals surface area (Å²) in [4.78, 5) is 17.9. The quantitative estimate of drug-likeness (QED) is 0.392. The number of anilines is 1. The fourth-order valence-corrected chi connectivity index (χ4v) is 5.78. The van der Waals surface area contributed by atoms with E-state index in [0.717, 1.165) is 40.6 Å². The lowest BCUT2D eigenvalue weighted by atomic mass is 10.1. The first kappa shape index (κ1) is 24.7. The number of methoxy groups -OCH3 is 1. The molecule has 1 aliphatic heterocycles. The highest BCUT2D eigenvalue weighted by Gasteiger charge is 2.36. The standard InChI is InChI=1S/C25H33ClN2O3S/c1-16(2)27(17(3)4)12-7-13-31-23-11-9-20(30-6)15-21(23)25-28(18(5)29)22-10-8-19(26)14-24(22)32-25/h8-11,14-17,25H,7,12-13H2,1-6H3. The minimum atomic E-state index is -0.242. The second-order valence-electron chi connectivity index (χ2n) is 8.50. The number of carbonyl (C=O) groups excluding carboxylic acids is 1. The lowest BCUT2D eigenvalue weighted by molar-refractivity contribution is -0.116. The van der Waals surface area contributed by atoms with E-state index in [1.807, 2.05) is 36.4 Å². The Kier molecular flexibility index (Phi) is 8.37. The molecule has 0 spiro atoms. The van der Waals surface area contributed by atoms with Crippen LogP contribution >= 0.6 is 23.4 Å². The Balaban J connectivity index is 1.83. The van der Waals surface area contributed by atoms with Crippen molar-refractivity contribution >= 4 is 35.0 Å². The molecule has 0 fully saturated rings. The summed E-state index contributed by atoms with van der Waals surface area (Å²) >= 11 is 7.81. The van der Waals surface area contributed by atoms with Gasteiger partial charge in [-0.25, -0.2) is 0 Å². The summed E-state index contributed by atoms with van der Waals surface area (Å²) in [7, 11) is 1.64. The number of hydrogen-bond donors (Lipinski definition) is 0. The second kappa shape index (κ2) is 10.8. The molecule has 1 amide bonds. The molecule has 0 saturated heterocycles. The highest BCUT2D eigenvalue weighted by Crippen LogP contribution is 2.54. The average Bonchev–Trinajstić information content (AvgIpc) is 3.11. The van der Waals surface area contributed by atoms with Gasteiger partial charge in [0.1, 0.15) is 16.9 Å². The van der Waals surface area contributed by atoms with Crippen molar-refractivity contribution in [2.45, 2.75) is 63.4 Å². The van der Waals surface area contributed by atoms with E-state index in [1.165, 1.54) is 0 Å². The van der Waals surface area contributed by atoms with Gasteiger partial charge in [-0.3, -0.25) is 14.6 Å². The minimum absolute atomic E-state index is 0.0261. The number of amides is 1. The SMILES string of the molecule is COc1ccc(OCCCN(C(C)C)C(C)C)c(C2Sc3cc(Cl)ccc3N2C(C)=O)c1. The van der Waals surface area contributed by atoms with Gasteiger partial charge in [0.05, 0.1) is 19.4 Å². The monoisotopic (exact) mass is 476 g/mol. The Morgan fingerprint density at radius 3 is 2.50 bits per heavy atom. The molecule has 5 nitrogen and oxygen atoms in total. The third-order valence-corrected chi connectivity index (χ3v) is 7.13. The summed E-state index contributed by atoms with van der Waals surface area (Å²) in [6, 6.07) is 12.4. The summed E-state index contributed by atoms with van der Waals surface area (Å²) in [5, 5.41) is 0.413. The van der Waals surface area contributed by atoms with Gasteiger partial charge in [0.15, 0.2) is 0 Å². The number of halogens is 1. The summed E-state index contributed by atoms with van der Waals surface area (Å²) in [6.45, 7) is 12.1. The van der Waals surface area contributed by atoms with Crippen molar-refractivity contribution in [2.24, 2.45) is 0 Å². The van der Waals surface area contributed by atoms with Crippen molar-refractivity contribution in [3.8, 4) is 11.5 Å². The van der Waals surface area contributed by atoms with Crippen LogP contribution in [0.4, 0.5) is 5.69 Å². The lowest BCUT2D eigenvalue weighted by Crippen LogP contribution is -2.38. The molecule has 0 saturated carbocycles. The van der Waals surface area contributed by atoms with E-state index < -0.39 is 0 Å². The fourth-order valence-electron chi connectivity index (χ4n) is 4.14. The van der Waals surface area contributed by atoms with Gasteiger partial charge in [0, 0.05) is 41.0 Å². The van der Waals surface area contributed by atoms with Crippen LogP contribution in [0.15, 0.2) is 41.3 Å². The molecule has 32 heavy (non-hydrogen) atoms. The van der Waals surface area contributed by atoms with Crippen LogP contribution in [-0.4, -0.2) is 43.2 Å². The normalized spacial score (nSPS) is 15.6. The van der Waals surface area contributed by atoms with Crippen molar-refractivity contribution in [3.63, 3.8) is 0 Å². The molecule has 1 unspecified atom stereocenters. The summed E-state index contributed by atoms with van der Waals surface area (Å²) in [6.07, 6.45) is 0.923. The van der Waals surface area contributed by atoms with E-state index in [2.05, 4.69) is 32.6 Å². The van der Waals surface area contributed by atoms with Crippen LogP contribution in [-0.2, 0) is 4.79 Å². The fraction of sp³-hybridized carbons (Fsp3) is 0.480. The Hall–Kier alpha value is -1.89. The molecule has 2 aromatic rings. The average molecular weight is 477 g/mol. The van der Waals surface area contributed by atoms with Crippen molar-refractivity contribution in [2.75, 3.05) is 25.2 Å². The highest BCUT2D eigenvalue weighted by molar-refractivity contribution is 8.00. The molecule has 1 heterocycles. The molecule has 0 radical (unpaired) electrons. The van der Waals surface area contributed by atoms with Gasteiger partial charge < -0.3 is 9.47 Å². The molecule has 1 atom stereocenters. The zero-order valence-corrected chi connectivity index (χ0v) is 21.3. The smallest absolute Gasteiger partial charge is 0.225 e. The van der Waals surface area contributed by atoms with Crippen LogP contribution in [0, 0.1) is 0 Å². The molecule has 0 bridgehead atoms. The van der Waals surface area contributed by atoms with Gasteiger partial charge in [-0.1, -0.05) is 23.4 Å². The van der Waals surface area contributed by atoms with Gasteiger partial charge in [-0.2, -0.15) is 0 Å². The predicted molar refractivity (Wildman–Crippen MR) is 133 cm³/mol. The number of ether oxygens (including phenoxy) is 2. The third-order valence-electron chi connectivity index (χ3n) is 5.62. The predicted octanol–water partition coefficient (Wildman–Crippen LogP) is 6.39. The molecular weight excluding hydrogens is 444 g/mol. The minimum Gasteiger partial charge on any atom is -0.497 e. The Morgan fingerprint density at radius 2 is 1.88 bits per heavy atom. The van der Waals surface area contributed by atoms with Gasteiger partial charge in [0.25, 0.3) is 0 Å². The Bertz CT molecular complexity index is 943. The second-order valence-corrected chi connectivity index (χ2v) is 10.1. The van der Waals surface area contributed by atoms with Gasteiger partial charge >= 0.3 is 0 Å². The van der Waals surface area contributed by atoms with Gasteiger partial charge in [-0.05, 0) is 70.5 Å². The first-order chi connectivity index (χ1) is 15.2. The number of fused-ring (bicyclic) bond motifs is 1. The van der Waals surface area contributed by atoms with E-state index in [4.69, 9.17) is 21.1 Å². The molecule has 0 aliphatic carbocycles. The van der Waals surface area contributed by atoms with Crippen LogP contribution in [0.3, 0.4) is 0 Å². The van der Waals surface area contributed by atoms with Crippen molar-refractivity contribution in [1.29, 1.82) is 0 Å². The van der Waals surface area contributed by atoms with Crippen LogP contribution in [0.1, 0.15) is 52.0 Å². The maximum Gasteiger partial charge on any atom is 0.225 e. The van der Waals surface area contributed by atoms with Crippen molar-refractivity contribution in [1.82, 2.24) is 4.90 Å². The van der Waals surface area contributed by atoms with Crippen molar-refractivity contribution < 1.29 is 14.3 Å². The Labute approximate surface area is 201 Å². The third kappa shape index (κ3) is 5.53. The summed E-state index contributed by atoms with van der Waals surface area (Å²) in [5.74, 6) is 1.48. The zero-order valence-electron chi connectivity index (χ0n) is 19.7. The topological polar surface area (TPSA) is 42.0 Å². The molecular formula is C25H33ClN2O3S. The Morgan fingerprint density at radius 1 is 1.16 bits per heavy atom. The molecule has 1 aliphatic rings. The van der Waals surface area contributed by atoms with Crippen molar-refractivity contribution in [3.05, 3.63) is 47.0 Å². The first-order valence-corrected chi connectivity index (χ1v) is 12.3. The molecule has 174 valence electrons. The van der Waals surface area contributed by atoms with Crippen LogP contribution < -0.4 is 14.4 Å². The molecule has 7 heteroatoms. The number of carbonyl (C=O) groups is 1. The number of hydrogen-bond acceptors (Lipinski definition) is 5. The van der Waals surface area contributed by atoms with E-state index >= 15 is 0 Å². The molecule has 0 N–H and O–H groups in total. The maximum absolute atomic E-state index is 12.6. The molecule has 3 rings (SSSR count).